The number of carbonyl (C=O) groups excluding carboxylic acids is 1. The Kier molecular flexibility index (Phi) is 7.84. The molecule has 182 valence electrons. The Labute approximate surface area is 198 Å². The van der Waals surface area contributed by atoms with Crippen LogP contribution in [0, 0.1) is 5.92 Å². The van der Waals surface area contributed by atoms with E-state index in [-0.39, 0.29) is 5.91 Å². The molecule has 1 aliphatic heterocycles. The molecule has 4 rings (SSSR count). The average molecular weight is 482 g/mol. The Balaban J connectivity index is 1.19. The van der Waals surface area contributed by atoms with Gasteiger partial charge in [0.25, 0.3) is 0 Å². The normalized spacial score (nSPS) is 22.6. The van der Waals surface area contributed by atoms with Crippen molar-refractivity contribution in [2.45, 2.75) is 64.1 Å². The summed E-state index contributed by atoms with van der Waals surface area (Å²) in [5.41, 5.74) is 0.437. The van der Waals surface area contributed by atoms with Gasteiger partial charge in [-0.2, -0.15) is 13.2 Å². The Morgan fingerprint density at radius 3 is 2.52 bits per heavy atom. The van der Waals surface area contributed by atoms with Gasteiger partial charge in [-0.05, 0) is 56.7 Å². The lowest BCUT2D eigenvalue weighted by molar-refractivity contribution is -0.137. The van der Waals surface area contributed by atoms with Gasteiger partial charge in [-0.3, -0.25) is 9.69 Å². The molecule has 8 heteroatoms. The fourth-order valence-corrected chi connectivity index (χ4v) is 6.14. The van der Waals surface area contributed by atoms with E-state index in [0.717, 1.165) is 69.0 Å². The molecule has 0 unspecified atom stereocenters. The predicted octanol–water partition coefficient (Wildman–Crippen LogP) is 5.91. The Morgan fingerprint density at radius 2 is 1.85 bits per heavy atom. The summed E-state index contributed by atoms with van der Waals surface area (Å²) in [5.74, 6) is 1.01. The molecule has 4 nitrogen and oxygen atoms in total. The van der Waals surface area contributed by atoms with Crippen molar-refractivity contribution in [1.82, 2.24) is 10.2 Å². The monoisotopic (exact) mass is 481 g/mol. The summed E-state index contributed by atoms with van der Waals surface area (Å²) < 4.78 is 39.6. The zero-order chi connectivity index (χ0) is 23.4. The van der Waals surface area contributed by atoms with Gasteiger partial charge in [0.1, 0.15) is 0 Å². The van der Waals surface area contributed by atoms with Gasteiger partial charge in [-0.25, -0.2) is 0 Å². The number of hydrogen-bond acceptors (Lipinski definition) is 4. The van der Waals surface area contributed by atoms with Crippen LogP contribution < -0.4 is 10.2 Å². The number of benzene rings is 1. The summed E-state index contributed by atoms with van der Waals surface area (Å²) in [6.07, 6.45) is 3.05. The predicted molar refractivity (Wildman–Crippen MR) is 129 cm³/mol. The number of anilines is 1. The van der Waals surface area contributed by atoms with Crippen LogP contribution in [0.25, 0.3) is 10.1 Å². The molecular weight excluding hydrogens is 447 g/mol. The summed E-state index contributed by atoms with van der Waals surface area (Å²) in [6, 6.07) is 4.38. The highest BCUT2D eigenvalue weighted by Crippen LogP contribution is 2.38. The second kappa shape index (κ2) is 10.6. The molecule has 0 spiro atoms. The van der Waals surface area contributed by atoms with Crippen molar-refractivity contribution < 1.29 is 18.0 Å². The lowest BCUT2D eigenvalue weighted by atomic mass is 9.84. The third kappa shape index (κ3) is 6.21. The van der Waals surface area contributed by atoms with E-state index in [4.69, 9.17) is 0 Å². The molecule has 2 heterocycles. The van der Waals surface area contributed by atoms with Crippen LogP contribution in [-0.2, 0) is 11.0 Å². The van der Waals surface area contributed by atoms with E-state index in [9.17, 15) is 18.0 Å². The molecule has 1 aromatic carbocycles. The zero-order valence-electron chi connectivity index (χ0n) is 19.3. The molecule has 1 saturated heterocycles. The number of nitrogens with zero attached hydrogens (tertiary/aromatic N) is 2. The van der Waals surface area contributed by atoms with Crippen molar-refractivity contribution in [3.8, 4) is 0 Å². The standard InChI is InChI=1S/C25H34F3N3OS/c1-2-18-5-8-20(9-6-18)29-24(32)4-3-11-30-12-14-31(15-13-30)22-17-33-23-16-19(25(26,27)28)7-10-21(22)23/h7,10,16-18,20H,2-6,8-9,11-15H2,1H3,(H,29,32)/t18-,20-. The minimum absolute atomic E-state index is 0.177. The highest BCUT2D eigenvalue weighted by atomic mass is 32.1. The maximum Gasteiger partial charge on any atom is 0.416 e. The van der Waals surface area contributed by atoms with Gasteiger partial charge in [0.05, 0.1) is 11.3 Å². The van der Waals surface area contributed by atoms with Gasteiger partial charge in [0.15, 0.2) is 0 Å². The topological polar surface area (TPSA) is 35.6 Å². The highest BCUT2D eigenvalue weighted by Gasteiger charge is 2.31. The van der Waals surface area contributed by atoms with Crippen molar-refractivity contribution in [2.24, 2.45) is 5.92 Å². The Bertz CT molecular complexity index is 929. The van der Waals surface area contributed by atoms with Crippen LogP contribution in [0.2, 0.25) is 0 Å². The van der Waals surface area contributed by atoms with Crippen LogP contribution >= 0.6 is 11.3 Å². The van der Waals surface area contributed by atoms with Crippen LogP contribution in [0.1, 0.15) is 57.4 Å². The number of hydrogen-bond donors (Lipinski definition) is 1. The number of fused-ring (bicyclic) bond motifs is 1. The minimum Gasteiger partial charge on any atom is -0.368 e. The number of amides is 1. The van der Waals surface area contributed by atoms with Crippen LogP contribution in [0.3, 0.4) is 0 Å². The lowest BCUT2D eigenvalue weighted by Gasteiger charge is -2.36. The molecule has 0 atom stereocenters. The fourth-order valence-electron chi connectivity index (χ4n) is 5.13. The van der Waals surface area contributed by atoms with Gasteiger partial charge in [0, 0.05) is 54.1 Å². The molecule has 2 aliphatic rings. The molecule has 1 N–H and O–H groups in total. The minimum atomic E-state index is -4.31. The number of thiophene rings is 1. The number of rotatable bonds is 7. The van der Waals surface area contributed by atoms with Crippen molar-refractivity contribution in [2.75, 3.05) is 37.6 Å². The van der Waals surface area contributed by atoms with Crippen LogP contribution in [0.5, 0.6) is 0 Å². The summed E-state index contributed by atoms with van der Waals surface area (Å²) >= 11 is 1.37. The number of alkyl halides is 3. The molecule has 1 amide bonds. The van der Waals surface area contributed by atoms with E-state index in [1.807, 2.05) is 5.38 Å². The quantitative estimate of drug-likeness (QED) is 0.534. The van der Waals surface area contributed by atoms with Gasteiger partial charge in [-0.1, -0.05) is 19.4 Å². The van der Waals surface area contributed by atoms with Crippen LogP contribution in [0.4, 0.5) is 18.9 Å². The summed E-state index contributed by atoms with van der Waals surface area (Å²) in [7, 11) is 0. The van der Waals surface area contributed by atoms with E-state index in [2.05, 4.69) is 22.0 Å². The maximum absolute atomic E-state index is 13.0. The molecule has 0 radical (unpaired) electrons. The second-order valence-corrected chi connectivity index (χ2v) is 10.4. The fraction of sp³-hybridized carbons (Fsp3) is 0.640. The first-order chi connectivity index (χ1) is 15.8. The van der Waals surface area contributed by atoms with Crippen molar-refractivity contribution in [3.63, 3.8) is 0 Å². The summed E-state index contributed by atoms with van der Waals surface area (Å²) in [5, 5.41) is 6.09. The number of nitrogens with one attached hydrogen (secondary N) is 1. The van der Waals surface area contributed by atoms with Crippen molar-refractivity contribution in [3.05, 3.63) is 29.1 Å². The van der Waals surface area contributed by atoms with E-state index >= 15 is 0 Å². The SMILES string of the molecule is CC[C@H]1CC[C@H](NC(=O)CCCN2CCN(c3csc4cc(C(F)(F)F)ccc34)CC2)CC1. The Hall–Kier alpha value is -1.80. The summed E-state index contributed by atoms with van der Waals surface area (Å²) in [4.78, 5) is 17.0. The molecule has 2 fully saturated rings. The molecule has 1 aliphatic carbocycles. The van der Waals surface area contributed by atoms with Crippen molar-refractivity contribution in [1.29, 1.82) is 0 Å². The first-order valence-electron chi connectivity index (χ1n) is 12.2. The van der Waals surface area contributed by atoms with Crippen LogP contribution in [-0.4, -0.2) is 49.6 Å². The van der Waals surface area contributed by atoms with E-state index in [0.29, 0.717) is 17.2 Å². The molecule has 2 aromatic rings. The molecule has 33 heavy (non-hydrogen) atoms. The zero-order valence-corrected chi connectivity index (χ0v) is 20.1. The number of carbonyl (C=O) groups is 1. The van der Waals surface area contributed by atoms with Gasteiger partial charge in [-0.15, -0.1) is 11.3 Å². The summed E-state index contributed by atoms with van der Waals surface area (Å²) in [6.45, 7) is 6.66. The molecule has 0 bridgehead atoms. The number of halogens is 3. The lowest BCUT2D eigenvalue weighted by Crippen LogP contribution is -2.46. The second-order valence-electron chi connectivity index (χ2n) is 9.46. The maximum atomic E-state index is 13.0. The van der Waals surface area contributed by atoms with Gasteiger partial charge in [0.2, 0.25) is 5.91 Å². The highest BCUT2D eigenvalue weighted by molar-refractivity contribution is 7.17. The van der Waals surface area contributed by atoms with E-state index in [1.54, 1.807) is 6.07 Å². The van der Waals surface area contributed by atoms with E-state index < -0.39 is 11.7 Å². The third-order valence-electron chi connectivity index (χ3n) is 7.26. The first kappa shape index (κ1) is 24.3. The average Bonchev–Trinajstić information content (AvgIpc) is 3.23. The van der Waals surface area contributed by atoms with Gasteiger partial charge < -0.3 is 10.2 Å². The molecule has 1 saturated carbocycles. The van der Waals surface area contributed by atoms with Crippen molar-refractivity contribution >= 4 is 33.0 Å². The number of piperazine rings is 1. The van der Waals surface area contributed by atoms with Gasteiger partial charge >= 0.3 is 6.18 Å². The van der Waals surface area contributed by atoms with E-state index in [1.165, 1.54) is 42.7 Å². The van der Waals surface area contributed by atoms with Crippen LogP contribution in [0.15, 0.2) is 23.6 Å². The smallest absolute Gasteiger partial charge is 0.368 e. The third-order valence-corrected chi connectivity index (χ3v) is 8.20. The molecule has 1 aromatic heterocycles. The first-order valence-corrected chi connectivity index (χ1v) is 13.1. The largest absolute Gasteiger partial charge is 0.416 e. The Morgan fingerprint density at radius 1 is 1.12 bits per heavy atom. The molecular formula is C25H34F3N3OS.